The largest absolute Gasteiger partial charge is 0.465 e. The van der Waals surface area contributed by atoms with Gasteiger partial charge in [-0.05, 0) is 44.8 Å². The zero-order valence-electron chi connectivity index (χ0n) is 21.7. The Morgan fingerprint density at radius 3 is 2.26 bits per heavy atom. The molecule has 3 fully saturated rings. The van der Waals surface area contributed by atoms with Crippen LogP contribution < -0.4 is 0 Å². The van der Waals surface area contributed by atoms with Gasteiger partial charge in [-0.2, -0.15) is 0 Å². The van der Waals surface area contributed by atoms with Crippen LogP contribution in [-0.4, -0.2) is 75.5 Å². The van der Waals surface area contributed by atoms with Gasteiger partial charge in [-0.25, -0.2) is 4.79 Å². The highest BCUT2D eigenvalue weighted by Crippen LogP contribution is 2.56. The zero-order chi connectivity index (χ0) is 25.4. The fourth-order valence-electron chi connectivity index (χ4n) is 5.10. The Morgan fingerprint density at radius 2 is 1.71 bits per heavy atom. The Hall–Kier alpha value is -1.49. The highest BCUT2D eigenvalue weighted by atomic mass is 28.4. The van der Waals surface area contributed by atoms with Crippen molar-refractivity contribution in [2.75, 3.05) is 26.6 Å². The Labute approximate surface area is 203 Å². The van der Waals surface area contributed by atoms with Crippen molar-refractivity contribution in [1.29, 1.82) is 0 Å². The quantitative estimate of drug-likeness (QED) is 0.388. The van der Waals surface area contributed by atoms with Crippen LogP contribution >= 0.6 is 0 Å². The highest BCUT2D eigenvalue weighted by Gasteiger charge is 2.81. The van der Waals surface area contributed by atoms with Crippen molar-refractivity contribution in [3.05, 3.63) is 0 Å². The molecule has 3 aliphatic rings. The Morgan fingerprint density at radius 1 is 1.09 bits per heavy atom. The summed E-state index contributed by atoms with van der Waals surface area (Å²) in [5, 5.41) is -0.290. The smallest absolute Gasteiger partial charge is 0.330 e. The number of carbonyl (C=O) groups excluding carboxylic acids is 3. The SMILES string of the molecule is CCOC(=O)C1N(C2CCCCC2)C(=O)C2(O[Si](C)(C)C(C)(C)C)OCOCC12C(=O)OCC. The van der Waals surface area contributed by atoms with Gasteiger partial charge in [0.05, 0.1) is 19.8 Å². The third kappa shape index (κ3) is 4.20. The summed E-state index contributed by atoms with van der Waals surface area (Å²) in [4.78, 5) is 43.3. The molecule has 0 aromatic rings. The molecule has 1 amide bonds. The highest BCUT2D eigenvalue weighted by molar-refractivity contribution is 6.74. The van der Waals surface area contributed by atoms with E-state index in [9.17, 15) is 14.4 Å². The lowest BCUT2D eigenvalue weighted by molar-refractivity contribution is -0.314. The molecule has 1 aliphatic carbocycles. The molecule has 2 saturated heterocycles. The van der Waals surface area contributed by atoms with Crippen molar-refractivity contribution in [1.82, 2.24) is 4.90 Å². The molecule has 0 radical (unpaired) electrons. The predicted molar refractivity (Wildman–Crippen MR) is 126 cm³/mol. The first-order valence-electron chi connectivity index (χ1n) is 12.5. The van der Waals surface area contributed by atoms with Gasteiger partial charge in [0.1, 0.15) is 0 Å². The van der Waals surface area contributed by atoms with Crippen LogP contribution in [0.2, 0.25) is 18.1 Å². The third-order valence-electron chi connectivity index (χ3n) is 7.85. The lowest BCUT2D eigenvalue weighted by Gasteiger charge is -2.50. The summed E-state index contributed by atoms with van der Waals surface area (Å²) in [6.07, 6.45) is 4.40. The molecule has 0 bridgehead atoms. The number of nitrogens with zero attached hydrogens (tertiary/aromatic N) is 1. The van der Waals surface area contributed by atoms with Crippen molar-refractivity contribution in [2.24, 2.45) is 5.41 Å². The number of ether oxygens (including phenoxy) is 4. The topological polar surface area (TPSA) is 101 Å². The minimum atomic E-state index is -2.69. The van der Waals surface area contributed by atoms with E-state index < -0.39 is 43.4 Å². The molecule has 0 spiro atoms. The molecular weight excluding hydrogens is 458 g/mol. The molecule has 0 aromatic carbocycles. The van der Waals surface area contributed by atoms with E-state index in [2.05, 4.69) is 0 Å². The van der Waals surface area contributed by atoms with Gasteiger partial charge in [-0.15, -0.1) is 0 Å². The molecule has 2 aliphatic heterocycles. The number of esters is 2. The maximum Gasteiger partial charge on any atom is 0.330 e. The van der Waals surface area contributed by atoms with Crippen LogP contribution in [0.5, 0.6) is 0 Å². The van der Waals surface area contributed by atoms with Crippen LogP contribution in [0.3, 0.4) is 0 Å². The van der Waals surface area contributed by atoms with Crippen LogP contribution in [0.15, 0.2) is 0 Å². The maximum absolute atomic E-state index is 14.4. The number of amides is 1. The fraction of sp³-hybridized carbons (Fsp3) is 0.875. The number of rotatable bonds is 7. The summed E-state index contributed by atoms with van der Waals surface area (Å²) < 4.78 is 29.4. The first kappa shape index (κ1) is 27.1. The molecule has 3 unspecified atom stereocenters. The fourth-order valence-corrected chi connectivity index (χ4v) is 6.45. The van der Waals surface area contributed by atoms with Gasteiger partial charge in [-0.1, -0.05) is 40.0 Å². The van der Waals surface area contributed by atoms with E-state index in [4.69, 9.17) is 23.4 Å². The van der Waals surface area contributed by atoms with Crippen LogP contribution in [0, 0.1) is 5.41 Å². The lowest BCUT2D eigenvalue weighted by atomic mass is 9.75. The van der Waals surface area contributed by atoms with Crippen LogP contribution in [0.1, 0.15) is 66.7 Å². The first-order valence-corrected chi connectivity index (χ1v) is 15.4. The van der Waals surface area contributed by atoms with E-state index >= 15 is 0 Å². The normalized spacial score (nSPS) is 30.7. The standard InChI is InChI=1S/C24H41NO8Si/c1-8-30-19(26)18-23(21(28)31-9-2)15-29-16-32-24(23,33-34(6,7)22(3,4)5)20(27)25(18)17-13-11-10-12-14-17/h17-18H,8-16H2,1-7H3. The predicted octanol–water partition coefficient (Wildman–Crippen LogP) is 3.36. The van der Waals surface area contributed by atoms with E-state index in [1.54, 1.807) is 13.8 Å². The second-order valence-corrected chi connectivity index (χ2v) is 15.7. The molecule has 194 valence electrons. The number of carbonyl (C=O) groups is 3. The monoisotopic (exact) mass is 499 g/mol. The molecule has 10 heteroatoms. The Kier molecular flexibility index (Phi) is 7.87. The first-order chi connectivity index (χ1) is 15.9. The van der Waals surface area contributed by atoms with Gasteiger partial charge in [0.15, 0.2) is 26.6 Å². The minimum Gasteiger partial charge on any atom is -0.465 e. The summed E-state index contributed by atoms with van der Waals surface area (Å²) in [6, 6.07) is -1.48. The third-order valence-corrected chi connectivity index (χ3v) is 12.3. The molecule has 34 heavy (non-hydrogen) atoms. The van der Waals surface area contributed by atoms with Gasteiger partial charge in [-0.3, -0.25) is 9.59 Å². The zero-order valence-corrected chi connectivity index (χ0v) is 22.7. The van der Waals surface area contributed by atoms with E-state index in [0.29, 0.717) is 0 Å². The van der Waals surface area contributed by atoms with E-state index in [-0.39, 0.29) is 37.7 Å². The van der Waals surface area contributed by atoms with Gasteiger partial charge in [0.2, 0.25) is 0 Å². The average Bonchev–Trinajstić information content (AvgIpc) is 3.00. The molecule has 9 nitrogen and oxygen atoms in total. The van der Waals surface area contributed by atoms with Crippen LogP contribution in [0.4, 0.5) is 0 Å². The van der Waals surface area contributed by atoms with Crippen LogP contribution in [-0.2, 0) is 37.8 Å². The van der Waals surface area contributed by atoms with E-state index in [0.717, 1.165) is 32.1 Å². The lowest BCUT2D eigenvalue weighted by Crippen LogP contribution is -2.69. The summed E-state index contributed by atoms with van der Waals surface area (Å²) in [6.45, 7) is 13.2. The molecule has 1 saturated carbocycles. The average molecular weight is 500 g/mol. The Balaban J connectivity index is 2.27. The van der Waals surface area contributed by atoms with Crippen molar-refractivity contribution >= 4 is 26.2 Å². The van der Waals surface area contributed by atoms with Crippen molar-refractivity contribution < 1.29 is 37.8 Å². The van der Waals surface area contributed by atoms with Crippen molar-refractivity contribution in [2.45, 2.75) is 103 Å². The van der Waals surface area contributed by atoms with Gasteiger partial charge in [0, 0.05) is 6.04 Å². The number of hydrogen-bond acceptors (Lipinski definition) is 8. The van der Waals surface area contributed by atoms with E-state index in [1.807, 2.05) is 33.9 Å². The minimum absolute atomic E-state index is 0.0733. The number of hydrogen-bond donors (Lipinski definition) is 0. The summed E-state index contributed by atoms with van der Waals surface area (Å²) >= 11 is 0. The maximum atomic E-state index is 14.4. The van der Waals surface area contributed by atoms with Crippen molar-refractivity contribution in [3.63, 3.8) is 0 Å². The summed E-state index contributed by atoms with van der Waals surface area (Å²) in [7, 11) is -2.69. The summed E-state index contributed by atoms with van der Waals surface area (Å²) in [5.74, 6) is -3.92. The number of fused-ring (bicyclic) bond motifs is 1. The van der Waals surface area contributed by atoms with Gasteiger partial charge in [0.25, 0.3) is 11.7 Å². The molecular formula is C24H41NO8Si. The molecule has 0 N–H and O–H groups in total. The molecule has 0 aromatic heterocycles. The summed E-state index contributed by atoms with van der Waals surface area (Å²) in [5.41, 5.74) is -1.84. The second kappa shape index (κ2) is 9.87. The van der Waals surface area contributed by atoms with E-state index in [1.165, 1.54) is 4.90 Å². The Bertz CT molecular complexity index is 790. The van der Waals surface area contributed by atoms with Gasteiger partial charge >= 0.3 is 11.9 Å². The van der Waals surface area contributed by atoms with Crippen molar-refractivity contribution in [3.8, 4) is 0 Å². The molecule has 2 heterocycles. The number of likely N-dealkylation sites (tertiary alicyclic amines) is 1. The molecule has 3 atom stereocenters. The molecule has 3 rings (SSSR count). The van der Waals surface area contributed by atoms with Crippen LogP contribution in [0.25, 0.3) is 0 Å². The van der Waals surface area contributed by atoms with Gasteiger partial charge < -0.3 is 28.3 Å². The second-order valence-electron chi connectivity index (χ2n) is 10.9.